The summed E-state index contributed by atoms with van der Waals surface area (Å²) in [7, 11) is 0. The van der Waals surface area contributed by atoms with Gasteiger partial charge in [-0.05, 0) is 67.8 Å². The number of nitrogens with zero attached hydrogens (tertiary/aromatic N) is 2. The first-order valence-electron chi connectivity index (χ1n) is 10.1. The zero-order valence-electron chi connectivity index (χ0n) is 18.0. The van der Waals surface area contributed by atoms with Gasteiger partial charge in [-0.15, -0.1) is 0 Å². The molecule has 0 aliphatic carbocycles. The van der Waals surface area contributed by atoms with Crippen molar-refractivity contribution in [2.45, 2.75) is 25.9 Å². The average Bonchev–Trinajstić information content (AvgIpc) is 2.78. The Morgan fingerprint density at radius 3 is 2.56 bits per heavy atom. The first kappa shape index (κ1) is 22.1. The number of hydrogen-bond donors (Lipinski definition) is 1. The molecule has 0 fully saturated rings. The van der Waals surface area contributed by atoms with E-state index in [4.69, 9.17) is 16.6 Å². The normalized spacial score (nSPS) is 11.0. The van der Waals surface area contributed by atoms with Gasteiger partial charge in [-0.25, -0.2) is 4.98 Å². The molecule has 7 heteroatoms. The SMILES string of the molecule is Cc1cccc(-n2c(SCC(=O)Nc3cccc(Cl)c3C)nc3ccccc3c2=O)c1C. The Morgan fingerprint density at radius 1 is 1.00 bits per heavy atom. The number of carbonyl (C=O) groups excluding carboxylic acids is 1. The molecule has 32 heavy (non-hydrogen) atoms. The van der Waals surface area contributed by atoms with E-state index in [-0.39, 0.29) is 17.2 Å². The maximum Gasteiger partial charge on any atom is 0.266 e. The fourth-order valence-corrected chi connectivity index (χ4v) is 4.44. The van der Waals surface area contributed by atoms with Gasteiger partial charge in [0.25, 0.3) is 5.56 Å². The van der Waals surface area contributed by atoms with E-state index >= 15 is 0 Å². The summed E-state index contributed by atoms with van der Waals surface area (Å²) in [5, 5.41) is 4.50. The minimum Gasteiger partial charge on any atom is -0.325 e. The molecule has 1 aromatic heterocycles. The lowest BCUT2D eigenvalue weighted by molar-refractivity contribution is -0.113. The number of aryl methyl sites for hydroxylation is 1. The van der Waals surface area contributed by atoms with Crippen LogP contribution in [0.15, 0.2) is 70.6 Å². The summed E-state index contributed by atoms with van der Waals surface area (Å²) in [6.45, 7) is 5.84. The van der Waals surface area contributed by atoms with Crippen LogP contribution in [0.25, 0.3) is 16.6 Å². The van der Waals surface area contributed by atoms with Gasteiger partial charge in [-0.1, -0.05) is 53.7 Å². The number of rotatable bonds is 5. The molecule has 3 aromatic carbocycles. The number of amides is 1. The molecule has 1 N–H and O–H groups in total. The summed E-state index contributed by atoms with van der Waals surface area (Å²) in [6.07, 6.45) is 0. The van der Waals surface area contributed by atoms with Gasteiger partial charge in [0.2, 0.25) is 5.91 Å². The van der Waals surface area contributed by atoms with Crippen molar-refractivity contribution in [1.29, 1.82) is 0 Å². The van der Waals surface area contributed by atoms with Crippen LogP contribution in [0, 0.1) is 20.8 Å². The van der Waals surface area contributed by atoms with Crippen LogP contribution in [0.1, 0.15) is 16.7 Å². The summed E-state index contributed by atoms with van der Waals surface area (Å²) in [4.78, 5) is 30.8. The van der Waals surface area contributed by atoms with Crippen LogP contribution in [-0.2, 0) is 4.79 Å². The predicted molar refractivity (Wildman–Crippen MR) is 132 cm³/mol. The van der Waals surface area contributed by atoms with Crippen LogP contribution < -0.4 is 10.9 Å². The Kier molecular flexibility index (Phi) is 6.35. The van der Waals surface area contributed by atoms with Crippen molar-refractivity contribution in [3.05, 3.63) is 92.7 Å². The van der Waals surface area contributed by atoms with E-state index in [0.29, 0.717) is 26.8 Å². The second kappa shape index (κ2) is 9.18. The standard InChI is InChI=1S/C25H22ClN3O2S/c1-15-8-6-13-22(16(15)2)29-24(31)18-9-4-5-11-21(18)28-25(29)32-14-23(30)27-20-12-7-10-19(26)17(20)3/h4-13H,14H2,1-3H3,(H,27,30). The van der Waals surface area contributed by atoms with Gasteiger partial charge in [-0.2, -0.15) is 0 Å². The molecule has 0 bridgehead atoms. The molecule has 0 unspecified atom stereocenters. The molecular weight excluding hydrogens is 442 g/mol. The maximum absolute atomic E-state index is 13.4. The molecule has 0 atom stereocenters. The molecule has 162 valence electrons. The molecule has 0 spiro atoms. The van der Waals surface area contributed by atoms with Crippen molar-refractivity contribution in [2.75, 3.05) is 11.1 Å². The molecular formula is C25H22ClN3O2S. The lowest BCUT2D eigenvalue weighted by Gasteiger charge is -2.16. The molecule has 4 aromatic rings. The lowest BCUT2D eigenvalue weighted by atomic mass is 10.1. The highest BCUT2D eigenvalue weighted by atomic mass is 35.5. The quantitative estimate of drug-likeness (QED) is 0.305. The molecule has 1 amide bonds. The first-order valence-corrected chi connectivity index (χ1v) is 11.5. The smallest absolute Gasteiger partial charge is 0.266 e. The summed E-state index contributed by atoms with van der Waals surface area (Å²) in [6, 6.07) is 18.5. The van der Waals surface area contributed by atoms with Crippen LogP contribution in [0.3, 0.4) is 0 Å². The van der Waals surface area contributed by atoms with Crippen molar-refractivity contribution in [2.24, 2.45) is 0 Å². The topological polar surface area (TPSA) is 64.0 Å². The molecule has 0 saturated heterocycles. The summed E-state index contributed by atoms with van der Waals surface area (Å²) in [5.41, 5.74) is 4.76. The Morgan fingerprint density at radius 2 is 1.75 bits per heavy atom. The van der Waals surface area contributed by atoms with E-state index in [2.05, 4.69) is 5.32 Å². The van der Waals surface area contributed by atoms with E-state index in [1.165, 1.54) is 11.8 Å². The number of thioether (sulfide) groups is 1. The number of aromatic nitrogens is 2. The van der Waals surface area contributed by atoms with Crippen LogP contribution in [0.2, 0.25) is 5.02 Å². The van der Waals surface area contributed by atoms with Gasteiger partial charge >= 0.3 is 0 Å². The van der Waals surface area contributed by atoms with Crippen LogP contribution in [0.5, 0.6) is 0 Å². The van der Waals surface area contributed by atoms with Crippen LogP contribution in [0.4, 0.5) is 5.69 Å². The Labute approximate surface area is 195 Å². The summed E-state index contributed by atoms with van der Waals surface area (Å²) >= 11 is 7.38. The van der Waals surface area contributed by atoms with E-state index in [0.717, 1.165) is 22.4 Å². The van der Waals surface area contributed by atoms with Gasteiger partial charge in [-0.3, -0.25) is 14.2 Å². The second-order valence-electron chi connectivity index (χ2n) is 7.52. The van der Waals surface area contributed by atoms with Gasteiger partial charge < -0.3 is 5.32 Å². The van der Waals surface area contributed by atoms with Crippen molar-refractivity contribution in [3.8, 4) is 5.69 Å². The Hall–Kier alpha value is -3.09. The van der Waals surface area contributed by atoms with Crippen molar-refractivity contribution < 1.29 is 4.79 Å². The zero-order chi connectivity index (χ0) is 22.8. The Bertz CT molecular complexity index is 1400. The number of hydrogen-bond acceptors (Lipinski definition) is 4. The largest absolute Gasteiger partial charge is 0.325 e. The van der Waals surface area contributed by atoms with E-state index in [1.54, 1.807) is 22.8 Å². The van der Waals surface area contributed by atoms with Gasteiger partial charge in [0, 0.05) is 10.7 Å². The van der Waals surface area contributed by atoms with Crippen molar-refractivity contribution in [3.63, 3.8) is 0 Å². The third-order valence-electron chi connectivity index (χ3n) is 5.44. The molecule has 0 aliphatic rings. The first-order chi connectivity index (χ1) is 15.4. The van der Waals surface area contributed by atoms with E-state index in [1.807, 2.05) is 63.2 Å². The number of fused-ring (bicyclic) bond motifs is 1. The second-order valence-corrected chi connectivity index (χ2v) is 8.87. The van der Waals surface area contributed by atoms with Crippen LogP contribution >= 0.6 is 23.4 Å². The number of nitrogens with one attached hydrogen (secondary N) is 1. The number of carbonyl (C=O) groups is 1. The number of benzene rings is 3. The highest BCUT2D eigenvalue weighted by molar-refractivity contribution is 7.99. The minimum atomic E-state index is -0.199. The minimum absolute atomic E-state index is 0.0988. The fourth-order valence-electron chi connectivity index (χ4n) is 3.46. The summed E-state index contributed by atoms with van der Waals surface area (Å²) in [5.74, 6) is -0.100. The highest BCUT2D eigenvalue weighted by Gasteiger charge is 2.17. The molecule has 4 rings (SSSR count). The molecule has 0 saturated carbocycles. The van der Waals surface area contributed by atoms with Crippen molar-refractivity contribution in [1.82, 2.24) is 9.55 Å². The summed E-state index contributed by atoms with van der Waals surface area (Å²) < 4.78 is 1.60. The third-order valence-corrected chi connectivity index (χ3v) is 6.78. The molecule has 0 aliphatic heterocycles. The molecule has 5 nitrogen and oxygen atoms in total. The van der Waals surface area contributed by atoms with E-state index in [9.17, 15) is 9.59 Å². The number of anilines is 1. The van der Waals surface area contributed by atoms with Gasteiger partial charge in [0.1, 0.15) is 0 Å². The molecule has 0 radical (unpaired) electrons. The maximum atomic E-state index is 13.4. The zero-order valence-corrected chi connectivity index (χ0v) is 19.6. The van der Waals surface area contributed by atoms with Gasteiger partial charge in [0.05, 0.1) is 22.3 Å². The predicted octanol–water partition coefficient (Wildman–Crippen LogP) is 5.70. The van der Waals surface area contributed by atoms with Crippen LogP contribution in [-0.4, -0.2) is 21.2 Å². The number of halogens is 1. The fraction of sp³-hybridized carbons (Fsp3) is 0.160. The van der Waals surface area contributed by atoms with Gasteiger partial charge in [0.15, 0.2) is 5.16 Å². The molecule has 1 heterocycles. The number of para-hydroxylation sites is 1. The lowest BCUT2D eigenvalue weighted by Crippen LogP contribution is -2.23. The highest BCUT2D eigenvalue weighted by Crippen LogP contribution is 2.26. The Balaban J connectivity index is 1.71. The van der Waals surface area contributed by atoms with Crippen molar-refractivity contribution >= 4 is 45.9 Å². The average molecular weight is 464 g/mol. The monoisotopic (exact) mass is 463 g/mol. The third kappa shape index (κ3) is 4.29. The van der Waals surface area contributed by atoms with E-state index < -0.39 is 0 Å².